The summed E-state index contributed by atoms with van der Waals surface area (Å²) in [5.74, 6) is -3.87. The maximum absolute atomic E-state index is 13.5. The van der Waals surface area contributed by atoms with Crippen LogP contribution < -0.4 is 9.36 Å². The Hall–Kier alpha value is -4.74. The molecule has 6 nitrogen and oxygen atoms in total. The van der Waals surface area contributed by atoms with Gasteiger partial charge in [0.25, 0.3) is 0 Å². The summed E-state index contributed by atoms with van der Waals surface area (Å²) in [6, 6.07) is 15.9. The molecular weight excluding hydrogens is 751 g/mol. The molecule has 3 aromatic carbocycles. The van der Waals surface area contributed by atoms with Gasteiger partial charge in [0.2, 0.25) is 0 Å². The molecule has 0 aliphatic carbocycles. The van der Waals surface area contributed by atoms with E-state index in [1.807, 2.05) is 0 Å². The quantitative estimate of drug-likeness (QED) is 0.139. The zero-order chi connectivity index (χ0) is 30.4. The third kappa shape index (κ3) is 7.97. The summed E-state index contributed by atoms with van der Waals surface area (Å²) in [6.45, 7) is 3.63. The number of hydrogen-bond acceptors (Lipinski definition) is 1. The molecule has 0 aliphatic rings. The normalized spacial score (nSPS) is 10.2. The molecule has 0 fully saturated rings. The molecule has 0 amide bonds. The summed E-state index contributed by atoms with van der Waals surface area (Å²) in [4.78, 5) is 0. The fraction of sp³-hybridized carbons (Fsp3) is 0.0333. The van der Waals surface area contributed by atoms with Gasteiger partial charge >= 0.3 is 0 Å². The molecule has 13 heteroatoms. The average Bonchev–Trinajstić information content (AvgIpc) is 3.69. The molecule has 0 unspecified atom stereocenters. The monoisotopic (exact) mass is 773 g/mol. The number of aromatic nitrogens is 6. The second-order valence-corrected chi connectivity index (χ2v) is 8.56. The van der Waals surface area contributed by atoms with Gasteiger partial charge in [-0.05, 0) is 17.8 Å². The first-order valence-electron chi connectivity index (χ1n) is 12.0. The van der Waals surface area contributed by atoms with Crippen LogP contribution in [0.3, 0.4) is 0 Å². The van der Waals surface area contributed by atoms with E-state index in [1.165, 1.54) is 26.3 Å². The molecule has 3 aromatic heterocycles. The Balaban J connectivity index is 0.000000175. The Morgan fingerprint density at radius 2 is 1.37 bits per heavy atom. The number of rotatable bonds is 3. The molecule has 1 radical (unpaired) electrons. The van der Waals surface area contributed by atoms with Gasteiger partial charge in [-0.15, -0.1) is 46.2 Å². The first-order chi connectivity index (χ1) is 20.0. The van der Waals surface area contributed by atoms with Crippen molar-refractivity contribution in [2.75, 3.05) is 0 Å². The van der Waals surface area contributed by atoms with Crippen molar-refractivity contribution in [3.05, 3.63) is 158 Å². The van der Waals surface area contributed by atoms with Crippen LogP contribution in [0.4, 0.5) is 26.3 Å². The molecule has 0 bridgehead atoms. The molecule has 0 N–H and O–H groups in total. The van der Waals surface area contributed by atoms with Crippen molar-refractivity contribution in [1.82, 2.24) is 19.1 Å². The Kier molecular flexibility index (Phi) is 11.0. The van der Waals surface area contributed by atoms with Crippen LogP contribution in [0.1, 0.15) is 5.56 Å². The molecule has 6 aromatic rings. The number of hydrogen-bond donors (Lipinski definition) is 0. The zero-order valence-corrected chi connectivity index (χ0v) is 24.8. The fourth-order valence-corrected chi connectivity index (χ4v) is 3.74. The van der Waals surface area contributed by atoms with Crippen molar-refractivity contribution in [3.63, 3.8) is 0 Å². The summed E-state index contributed by atoms with van der Waals surface area (Å²) in [5.41, 5.74) is 0.848. The van der Waals surface area contributed by atoms with E-state index < -0.39 is 34.9 Å². The minimum atomic E-state index is -0.677. The van der Waals surface area contributed by atoms with Gasteiger partial charge in [-0.3, -0.25) is 26.9 Å². The van der Waals surface area contributed by atoms with Crippen LogP contribution in [-0.4, -0.2) is 19.1 Å². The smallest absolute Gasteiger partial charge is 0.189 e. The summed E-state index contributed by atoms with van der Waals surface area (Å²) in [6.07, 6.45) is 9.78. The zero-order valence-electron chi connectivity index (χ0n) is 22.4. The number of benzene rings is 3. The summed E-state index contributed by atoms with van der Waals surface area (Å²) >= 11 is 0. The van der Waals surface area contributed by atoms with E-state index in [9.17, 15) is 26.3 Å². The molecule has 3 heterocycles. The maximum Gasteiger partial charge on any atom is 0.189 e. The van der Waals surface area contributed by atoms with Gasteiger partial charge in [0.15, 0.2) is 23.8 Å². The van der Waals surface area contributed by atoms with Gasteiger partial charge in [0.05, 0.1) is 24.9 Å². The second-order valence-electron chi connectivity index (χ2n) is 8.56. The van der Waals surface area contributed by atoms with E-state index in [0.29, 0.717) is 5.56 Å². The molecule has 0 aliphatic heterocycles. The van der Waals surface area contributed by atoms with Crippen molar-refractivity contribution >= 4 is 0 Å². The van der Waals surface area contributed by atoms with Gasteiger partial charge in [0, 0.05) is 56.0 Å². The van der Waals surface area contributed by atoms with Crippen LogP contribution in [0.15, 0.2) is 91.8 Å². The minimum absolute atomic E-state index is 0. The van der Waals surface area contributed by atoms with Crippen molar-refractivity contribution in [2.24, 2.45) is 7.05 Å². The van der Waals surface area contributed by atoms with E-state index >= 15 is 0 Å². The van der Waals surface area contributed by atoms with E-state index in [2.05, 4.69) is 31.2 Å². The standard InChI is InChI=1S/C11H10F2N2.C10H7F2N2.C9H5F2N2.Ir/c1-8-6-9(12)7-10(13)11(8)15-5-3-4-14(15)2;1-13-5-2-6-14(13)10-4-3-8(11)7-9(10)12;10-7-2-3-9(8(11)6-7)13-5-1-4-12-13;/h3-7H,1H2,2H3;2-3,5-7H,1H2;1-2,4-6H;/q;2*-1;. The fourth-order valence-electron chi connectivity index (χ4n) is 3.74. The summed E-state index contributed by atoms with van der Waals surface area (Å²) in [5, 5.41) is 3.80. The van der Waals surface area contributed by atoms with Crippen molar-refractivity contribution in [2.45, 2.75) is 0 Å². The molecular formula is C30H22F6IrN6-2. The van der Waals surface area contributed by atoms with Crippen molar-refractivity contribution < 1.29 is 55.8 Å². The molecule has 225 valence electrons. The second kappa shape index (κ2) is 14.4. The van der Waals surface area contributed by atoms with Gasteiger partial charge in [-0.1, -0.05) is 24.4 Å². The minimum Gasteiger partial charge on any atom is -0.289 e. The first kappa shape index (κ1) is 32.8. The summed E-state index contributed by atoms with van der Waals surface area (Å²) in [7, 11) is 5.39. The Morgan fingerprint density at radius 3 is 1.91 bits per heavy atom. The predicted octanol–water partition coefficient (Wildman–Crippen LogP) is 5.19. The van der Waals surface area contributed by atoms with Crippen LogP contribution in [0.25, 0.3) is 17.1 Å². The van der Waals surface area contributed by atoms with Crippen LogP contribution in [0.5, 0.6) is 0 Å². The molecule has 0 spiro atoms. The molecule has 0 atom stereocenters. The van der Waals surface area contributed by atoms with Crippen molar-refractivity contribution in [1.29, 1.82) is 0 Å². The maximum atomic E-state index is 13.5. The number of halogens is 6. The topological polar surface area (TPSA) is 35.4 Å². The van der Waals surface area contributed by atoms with Gasteiger partial charge in [-0.25, -0.2) is 8.78 Å². The van der Waals surface area contributed by atoms with Crippen molar-refractivity contribution in [3.8, 4) is 17.1 Å². The average molecular weight is 773 g/mol. The van der Waals surface area contributed by atoms with Gasteiger partial charge in [0.1, 0.15) is 5.82 Å². The van der Waals surface area contributed by atoms with Crippen LogP contribution in [-0.2, 0) is 27.2 Å². The van der Waals surface area contributed by atoms with Gasteiger partial charge in [-0.2, -0.15) is 22.8 Å². The Labute approximate surface area is 257 Å². The van der Waals surface area contributed by atoms with E-state index in [-0.39, 0.29) is 37.2 Å². The third-order valence-electron chi connectivity index (χ3n) is 5.61. The molecule has 6 rings (SSSR count). The van der Waals surface area contributed by atoms with E-state index in [4.69, 9.17) is 0 Å². The van der Waals surface area contributed by atoms with Gasteiger partial charge < -0.3 is 0 Å². The number of aryl methyl sites for hydroxylation is 1. The van der Waals surface area contributed by atoms with E-state index in [1.54, 1.807) is 65.6 Å². The number of nitrogens with zero attached hydrogens (tertiary/aromatic N) is 6. The molecule has 43 heavy (non-hydrogen) atoms. The predicted molar refractivity (Wildman–Crippen MR) is 139 cm³/mol. The van der Waals surface area contributed by atoms with E-state index in [0.717, 1.165) is 30.3 Å². The van der Waals surface area contributed by atoms with Crippen LogP contribution >= 0.6 is 0 Å². The van der Waals surface area contributed by atoms with Crippen LogP contribution in [0.2, 0.25) is 0 Å². The SMILES string of the molecule is Fc1c[c-]c(-n2cccn2)c(F)c1.[CH2-]c1cc(F)cc(F)c1-[n+]1cccn1C.[CH2-]n1ccc[n+]1-c1[c-]cc(F)cc1F.[Ir]. The molecule has 0 saturated carbocycles. The van der Waals surface area contributed by atoms with Crippen LogP contribution in [0, 0.1) is 61.0 Å². The summed E-state index contributed by atoms with van der Waals surface area (Å²) < 4.78 is 85.2. The third-order valence-corrected chi connectivity index (χ3v) is 5.61. The first-order valence-corrected chi connectivity index (χ1v) is 12.0. The Bertz CT molecular complexity index is 1780. The molecule has 0 saturated heterocycles. The Morgan fingerprint density at radius 1 is 0.744 bits per heavy atom. The largest absolute Gasteiger partial charge is 0.289 e.